The number of methoxy groups -OCH3 is 1. The number of aliphatic hydroxyl groups is 1. The molecule has 0 aromatic carbocycles. The number of hydrogen-bond acceptors (Lipinski definition) is 6. The Balaban J connectivity index is 2.92. The van der Waals surface area contributed by atoms with Crippen molar-refractivity contribution in [3.8, 4) is 0 Å². The summed E-state index contributed by atoms with van der Waals surface area (Å²) in [6.07, 6.45) is 4.03. The molecule has 0 radical (unpaired) electrons. The molecule has 0 bridgehead atoms. The molecule has 0 spiro atoms. The zero-order chi connectivity index (χ0) is 15.7. The van der Waals surface area contributed by atoms with Crippen LogP contribution in [0, 0.1) is 0 Å². The number of aliphatic hydroxyl groups excluding tert-OH is 1. The molecule has 21 heavy (non-hydrogen) atoms. The second kappa shape index (κ2) is 9.52. The lowest BCUT2D eigenvalue weighted by Gasteiger charge is -2.24. The van der Waals surface area contributed by atoms with Crippen LogP contribution < -0.4 is 10.2 Å². The predicted octanol–water partition coefficient (Wildman–Crippen LogP) is 1.69. The van der Waals surface area contributed by atoms with E-state index in [-0.39, 0.29) is 0 Å². The third-order valence-corrected chi connectivity index (χ3v) is 3.17. The van der Waals surface area contributed by atoms with E-state index in [1.165, 1.54) is 0 Å². The number of nitrogens with one attached hydrogen (secondary N) is 1. The summed E-state index contributed by atoms with van der Waals surface area (Å²) in [4.78, 5) is 10.7. The molecule has 0 aliphatic carbocycles. The Morgan fingerprint density at radius 2 is 2.10 bits per heavy atom. The summed E-state index contributed by atoms with van der Waals surface area (Å²) < 4.78 is 4.97. The lowest BCUT2D eigenvalue weighted by atomic mass is 10.1. The van der Waals surface area contributed by atoms with Crippen LogP contribution in [0.4, 0.5) is 11.6 Å². The second-order valence-corrected chi connectivity index (χ2v) is 5.19. The highest BCUT2D eigenvalue weighted by molar-refractivity contribution is 5.58. The molecule has 1 aromatic heterocycles. The maximum Gasteiger partial charge on any atom is 0.137 e. The zero-order valence-electron chi connectivity index (χ0n) is 13.6. The van der Waals surface area contributed by atoms with Crippen LogP contribution in [0.25, 0.3) is 0 Å². The molecule has 0 saturated heterocycles. The molecule has 1 atom stereocenters. The van der Waals surface area contributed by atoms with Crippen molar-refractivity contribution in [2.75, 3.05) is 44.1 Å². The lowest BCUT2D eigenvalue weighted by molar-refractivity contribution is 0.0694. The Morgan fingerprint density at radius 3 is 2.71 bits per heavy atom. The molecule has 2 N–H and O–H groups in total. The topological polar surface area (TPSA) is 70.5 Å². The minimum absolute atomic E-state index is 0.319. The minimum Gasteiger partial charge on any atom is -0.389 e. The summed E-state index contributed by atoms with van der Waals surface area (Å²) in [5.41, 5.74) is 1.11. The average molecular weight is 296 g/mol. The molecule has 0 aliphatic heterocycles. The van der Waals surface area contributed by atoms with Gasteiger partial charge in [-0.2, -0.15) is 0 Å². The van der Waals surface area contributed by atoms with Gasteiger partial charge in [-0.3, -0.25) is 0 Å². The van der Waals surface area contributed by atoms with Crippen LogP contribution >= 0.6 is 0 Å². The lowest BCUT2D eigenvalue weighted by Crippen LogP contribution is -2.33. The average Bonchev–Trinajstić information content (AvgIpc) is 2.46. The molecule has 1 aromatic rings. The van der Waals surface area contributed by atoms with E-state index in [4.69, 9.17) is 4.74 Å². The summed E-state index contributed by atoms with van der Waals surface area (Å²) >= 11 is 0. The Kier molecular flexibility index (Phi) is 8.00. The first-order valence-corrected chi connectivity index (χ1v) is 7.59. The van der Waals surface area contributed by atoms with E-state index in [1.807, 2.05) is 11.9 Å². The monoisotopic (exact) mass is 296 g/mol. The van der Waals surface area contributed by atoms with E-state index in [0.717, 1.165) is 43.0 Å². The highest BCUT2D eigenvalue weighted by Gasteiger charge is 2.16. The van der Waals surface area contributed by atoms with Gasteiger partial charge in [0.05, 0.1) is 12.7 Å². The fourth-order valence-corrected chi connectivity index (χ4v) is 2.26. The van der Waals surface area contributed by atoms with Crippen molar-refractivity contribution in [1.29, 1.82) is 0 Å². The van der Waals surface area contributed by atoms with Gasteiger partial charge in [-0.25, -0.2) is 9.97 Å². The summed E-state index contributed by atoms with van der Waals surface area (Å²) in [6.45, 7) is 5.96. The molecular weight excluding hydrogens is 268 g/mol. The van der Waals surface area contributed by atoms with Gasteiger partial charge in [0.25, 0.3) is 0 Å². The first-order valence-electron chi connectivity index (χ1n) is 7.59. The molecule has 0 saturated carbocycles. The van der Waals surface area contributed by atoms with Gasteiger partial charge < -0.3 is 20.1 Å². The van der Waals surface area contributed by atoms with E-state index in [9.17, 15) is 5.11 Å². The molecule has 6 heteroatoms. The molecule has 1 unspecified atom stereocenters. The van der Waals surface area contributed by atoms with E-state index in [2.05, 4.69) is 29.1 Å². The van der Waals surface area contributed by atoms with Crippen molar-refractivity contribution in [2.45, 2.75) is 39.2 Å². The molecule has 0 aliphatic rings. The quantitative estimate of drug-likeness (QED) is 0.685. The molecule has 6 nitrogen and oxygen atoms in total. The Hall–Kier alpha value is -1.40. The molecule has 1 rings (SSSR count). The highest BCUT2D eigenvalue weighted by atomic mass is 16.5. The normalized spacial score (nSPS) is 12.2. The zero-order valence-corrected chi connectivity index (χ0v) is 13.6. The second-order valence-electron chi connectivity index (χ2n) is 5.19. The third kappa shape index (κ3) is 5.47. The predicted molar refractivity (Wildman–Crippen MR) is 86.0 cm³/mol. The van der Waals surface area contributed by atoms with Crippen LogP contribution in [0.2, 0.25) is 0 Å². The standard InChI is InChI=1S/C15H28N4O2/c1-5-7-13-14(16-8-6-2)17-11-18-15(13)19(3)9-12(20)10-21-4/h11-12,20H,5-10H2,1-4H3,(H,16,17,18). The van der Waals surface area contributed by atoms with Gasteiger partial charge in [0, 0.05) is 32.8 Å². The number of likely N-dealkylation sites (N-methyl/N-ethyl adjacent to an activating group) is 1. The Labute approximate surface area is 127 Å². The van der Waals surface area contributed by atoms with Crippen LogP contribution in [-0.4, -0.2) is 55.0 Å². The van der Waals surface area contributed by atoms with Crippen molar-refractivity contribution >= 4 is 11.6 Å². The summed E-state index contributed by atoms with van der Waals surface area (Å²) in [5.74, 6) is 1.78. The van der Waals surface area contributed by atoms with Crippen molar-refractivity contribution in [3.63, 3.8) is 0 Å². The first-order chi connectivity index (χ1) is 10.1. The van der Waals surface area contributed by atoms with Crippen molar-refractivity contribution in [2.24, 2.45) is 0 Å². The molecule has 120 valence electrons. The largest absolute Gasteiger partial charge is 0.389 e. The smallest absolute Gasteiger partial charge is 0.137 e. The van der Waals surface area contributed by atoms with E-state index >= 15 is 0 Å². The van der Waals surface area contributed by atoms with Crippen LogP contribution in [0.15, 0.2) is 6.33 Å². The van der Waals surface area contributed by atoms with Crippen molar-refractivity contribution in [1.82, 2.24) is 9.97 Å². The van der Waals surface area contributed by atoms with E-state index < -0.39 is 6.10 Å². The number of rotatable bonds is 10. The van der Waals surface area contributed by atoms with Gasteiger partial charge in [-0.05, 0) is 12.8 Å². The maximum atomic E-state index is 9.89. The van der Waals surface area contributed by atoms with Gasteiger partial charge in [0.15, 0.2) is 0 Å². The van der Waals surface area contributed by atoms with Crippen molar-refractivity contribution < 1.29 is 9.84 Å². The van der Waals surface area contributed by atoms with Crippen LogP contribution in [-0.2, 0) is 11.2 Å². The minimum atomic E-state index is -0.531. The molecule has 1 heterocycles. The number of hydrogen-bond donors (Lipinski definition) is 2. The fourth-order valence-electron chi connectivity index (χ4n) is 2.26. The summed E-state index contributed by atoms with van der Waals surface area (Å²) in [7, 11) is 3.52. The number of nitrogens with zero attached hydrogens (tertiary/aromatic N) is 3. The first kappa shape index (κ1) is 17.7. The van der Waals surface area contributed by atoms with Crippen molar-refractivity contribution in [3.05, 3.63) is 11.9 Å². The van der Waals surface area contributed by atoms with Crippen LogP contribution in [0.3, 0.4) is 0 Å². The van der Waals surface area contributed by atoms with Gasteiger partial charge in [-0.1, -0.05) is 20.3 Å². The number of ether oxygens (including phenoxy) is 1. The van der Waals surface area contributed by atoms with E-state index in [1.54, 1.807) is 13.4 Å². The Morgan fingerprint density at radius 1 is 1.33 bits per heavy atom. The number of aromatic nitrogens is 2. The summed E-state index contributed by atoms with van der Waals surface area (Å²) in [6, 6.07) is 0. The molecular formula is C15H28N4O2. The Bertz CT molecular complexity index is 415. The number of anilines is 2. The SMILES string of the molecule is CCCNc1ncnc(N(C)CC(O)COC)c1CCC. The van der Waals surface area contributed by atoms with Crippen LogP contribution in [0.1, 0.15) is 32.3 Å². The molecule has 0 fully saturated rings. The third-order valence-electron chi connectivity index (χ3n) is 3.17. The van der Waals surface area contributed by atoms with Gasteiger partial charge in [0.2, 0.25) is 0 Å². The fraction of sp³-hybridized carbons (Fsp3) is 0.733. The van der Waals surface area contributed by atoms with Crippen LogP contribution in [0.5, 0.6) is 0 Å². The van der Waals surface area contributed by atoms with E-state index in [0.29, 0.717) is 13.2 Å². The highest BCUT2D eigenvalue weighted by Crippen LogP contribution is 2.24. The van der Waals surface area contributed by atoms with Gasteiger partial charge in [0.1, 0.15) is 18.0 Å². The molecule has 0 amide bonds. The van der Waals surface area contributed by atoms with Gasteiger partial charge in [-0.15, -0.1) is 0 Å². The maximum absolute atomic E-state index is 9.89. The van der Waals surface area contributed by atoms with Gasteiger partial charge >= 0.3 is 0 Å². The summed E-state index contributed by atoms with van der Waals surface area (Å²) in [5, 5.41) is 13.2.